The molecule has 0 amide bonds. The Balaban J connectivity index is 0.000000473. The molecule has 1 fully saturated rings. The molecule has 2 heterocycles. The third-order valence-corrected chi connectivity index (χ3v) is 4.97. The van der Waals surface area contributed by atoms with Gasteiger partial charge in [-0.05, 0) is 37.1 Å². The van der Waals surface area contributed by atoms with Crippen LogP contribution in [0, 0.1) is 0 Å². The Kier molecular flexibility index (Phi) is 10.9. The normalized spacial score (nSPS) is 16.7. The molecule has 1 aliphatic rings. The molecular weight excluding hydrogens is 450 g/mol. The Bertz CT molecular complexity index is 1040. The molecule has 188 valence electrons. The van der Waals surface area contributed by atoms with Crippen LogP contribution in [0.3, 0.4) is 0 Å². The predicted octanol–water partition coefficient (Wildman–Crippen LogP) is 3.43. The van der Waals surface area contributed by atoms with Gasteiger partial charge in [0.25, 0.3) is 11.9 Å². The third-order valence-electron chi connectivity index (χ3n) is 4.97. The van der Waals surface area contributed by atoms with E-state index in [-0.39, 0.29) is 0 Å². The molecule has 1 saturated heterocycles. The number of β-amino-alcohol motifs (C(OH)–C–C–N with tert-alkyl or cyclic N) is 1. The second-order valence-electron chi connectivity index (χ2n) is 8.22. The van der Waals surface area contributed by atoms with Crippen LogP contribution in [0.4, 0.5) is 0 Å². The smallest absolute Gasteiger partial charge is 0.300 e. The summed E-state index contributed by atoms with van der Waals surface area (Å²) in [6.45, 7) is 4.82. The van der Waals surface area contributed by atoms with Crippen LogP contribution in [0.2, 0.25) is 0 Å². The van der Waals surface area contributed by atoms with Gasteiger partial charge in [-0.3, -0.25) is 9.59 Å². The molecule has 1 aromatic heterocycles. The van der Waals surface area contributed by atoms with Gasteiger partial charge in [-0.1, -0.05) is 42.5 Å². The van der Waals surface area contributed by atoms with Crippen molar-refractivity contribution in [2.75, 3.05) is 13.1 Å². The molecule has 0 radical (unpaired) electrons. The highest BCUT2D eigenvalue weighted by molar-refractivity contribution is 5.63. The number of ether oxygens (including phenoxy) is 1. The van der Waals surface area contributed by atoms with E-state index >= 15 is 0 Å². The number of hydrogen-bond acceptors (Lipinski definition) is 6. The van der Waals surface area contributed by atoms with Gasteiger partial charge in [0.05, 0.1) is 12.1 Å². The Morgan fingerprint density at radius 3 is 2.40 bits per heavy atom. The molecule has 35 heavy (non-hydrogen) atoms. The fourth-order valence-electron chi connectivity index (χ4n) is 3.57. The molecule has 9 heteroatoms. The van der Waals surface area contributed by atoms with E-state index in [9.17, 15) is 5.11 Å². The number of carboxylic acids is 2. The van der Waals surface area contributed by atoms with Gasteiger partial charge < -0.3 is 29.9 Å². The molecule has 0 bridgehead atoms. The second-order valence-corrected chi connectivity index (χ2v) is 8.22. The quantitative estimate of drug-likeness (QED) is 0.419. The fourth-order valence-corrected chi connectivity index (χ4v) is 3.57. The molecule has 0 spiro atoms. The van der Waals surface area contributed by atoms with E-state index in [0.717, 1.165) is 55.9 Å². The maximum absolute atomic E-state index is 10.8. The molecule has 1 unspecified atom stereocenters. The van der Waals surface area contributed by atoms with Crippen LogP contribution in [0.1, 0.15) is 32.3 Å². The average molecular weight is 484 g/mol. The Morgan fingerprint density at radius 1 is 1.09 bits per heavy atom. The van der Waals surface area contributed by atoms with Gasteiger partial charge >= 0.3 is 0 Å². The van der Waals surface area contributed by atoms with E-state index in [0.29, 0.717) is 19.7 Å². The summed E-state index contributed by atoms with van der Waals surface area (Å²) in [5.74, 6) is -0.0110. The second kappa shape index (κ2) is 13.9. The predicted molar refractivity (Wildman–Crippen MR) is 132 cm³/mol. The van der Waals surface area contributed by atoms with Gasteiger partial charge in [0.1, 0.15) is 18.2 Å². The number of aromatic nitrogens is 2. The summed E-state index contributed by atoms with van der Waals surface area (Å²) < 4.78 is 7.98. The van der Waals surface area contributed by atoms with Crippen LogP contribution in [0.15, 0.2) is 67.0 Å². The van der Waals surface area contributed by atoms with E-state index in [1.165, 1.54) is 0 Å². The van der Waals surface area contributed by atoms with E-state index < -0.39 is 17.5 Å². The van der Waals surface area contributed by atoms with E-state index in [1.54, 1.807) is 6.20 Å². The summed E-state index contributed by atoms with van der Waals surface area (Å²) in [6.07, 6.45) is 5.51. The van der Waals surface area contributed by atoms with E-state index in [1.807, 2.05) is 53.2 Å². The number of carboxylic acid groups (broad SMARTS) is 2. The Hall–Kier alpha value is -3.69. The lowest BCUT2D eigenvalue weighted by Crippen LogP contribution is -2.48. The molecule has 4 N–H and O–H groups in total. The van der Waals surface area contributed by atoms with Gasteiger partial charge in [0.15, 0.2) is 0 Å². The molecule has 9 nitrogen and oxygen atoms in total. The van der Waals surface area contributed by atoms with Gasteiger partial charge in [-0.15, -0.1) is 0 Å². The first-order valence-corrected chi connectivity index (χ1v) is 11.3. The van der Waals surface area contributed by atoms with Crippen molar-refractivity contribution in [1.82, 2.24) is 14.9 Å². The number of benzene rings is 2. The number of hydrogen-bond donors (Lipinski definition) is 4. The van der Waals surface area contributed by atoms with E-state index in [4.69, 9.17) is 24.5 Å². The van der Waals surface area contributed by atoms with Gasteiger partial charge in [-0.2, -0.15) is 0 Å². The average Bonchev–Trinajstić information content (AvgIpc) is 3.26. The fraction of sp³-hybridized carbons (Fsp3) is 0.346. The van der Waals surface area contributed by atoms with Crippen LogP contribution in [-0.4, -0.2) is 55.5 Å². The standard InChI is InChI=1S/C22H25N3O2.2C2H4O2/c26-22(10-5-11-23-16-22)17-25-13-12-24-21(25)19-8-4-9-20(14-19)27-15-18-6-2-1-3-7-18;2*1-2(3)4/h1-4,6-9,12-14,23,26H,5,10-11,15-17H2;2*1H3,(H,3,4). The van der Waals surface area contributed by atoms with Crippen LogP contribution in [0.25, 0.3) is 11.4 Å². The topological polar surface area (TPSA) is 134 Å². The minimum Gasteiger partial charge on any atom is -0.489 e. The maximum atomic E-state index is 10.8. The Labute approximate surface area is 205 Å². The van der Waals surface area contributed by atoms with Gasteiger partial charge in [-0.25, -0.2) is 4.98 Å². The largest absolute Gasteiger partial charge is 0.489 e. The lowest BCUT2D eigenvalue weighted by molar-refractivity contribution is -0.135. The van der Waals surface area contributed by atoms with Gasteiger partial charge in [0.2, 0.25) is 0 Å². The molecular formula is C26H33N3O6. The first-order valence-electron chi connectivity index (χ1n) is 11.3. The zero-order valence-corrected chi connectivity index (χ0v) is 20.1. The lowest BCUT2D eigenvalue weighted by Gasteiger charge is -2.33. The molecule has 1 aliphatic heterocycles. The van der Waals surface area contributed by atoms with Gasteiger partial charge in [0, 0.05) is 38.3 Å². The summed E-state index contributed by atoms with van der Waals surface area (Å²) in [5, 5.41) is 29.0. The number of rotatable bonds is 6. The number of aliphatic hydroxyl groups is 1. The zero-order chi connectivity index (χ0) is 25.7. The van der Waals surface area contributed by atoms with Crippen LogP contribution < -0.4 is 10.1 Å². The van der Waals surface area contributed by atoms with Crippen molar-refractivity contribution in [2.45, 2.75) is 45.4 Å². The Morgan fingerprint density at radius 2 is 1.77 bits per heavy atom. The van der Waals surface area contributed by atoms with Crippen molar-refractivity contribution < 1.29 is 29.6 Å². The number of nitrogens with one attached hydrogen (secondary N) is 1. The minimum atomic E-state index is -0.833. The van der Waals surface area contributed by atoms with Crippen molar-refractivity contribution in [2.24, 2.45) is 0 Å². The highest BCUT2D eigenvalue weighted by Gasteiger charge is 2.30. The minimum absolute atomic E-state index is 0.532. The monoisotopic (exact) mass is 483 g/mol. The number of imidazole rings is 1. The van der Waals surface area contributed by atoms with Crippen molar-refractivity contribution in [1.29, 1.82) is 0 Å². The summed E-state index contributed by atoms with van der Waals surface area (Å²) in [5.41, 5.74) is 1.39. The summed E-state index contributed by atoms with van der Waals surface area (Å²) in [4.78, 5) is 22.5. The first-order chi connectivity index (χ1) is 16.7. The van der Waals surface area contributed by atoms with Crippen molar-refractivity contribution in [3.05, 3.63) is 72.6 Å². The van der Waals surface area contributed by atoms with Crippen LogP contribution in [-0.2, 0) is 22.7 Å². The number of piperidine rings is 1. The van der Waals surface area contributed by atoms with Crippen molar-refractivity contribution >= 4 is 11.9 Å². The molecule has 1 atom stereocenters. The molecule has 0 saturated carbocycles. The number of nitrogens with zero attached hydrogens (tertiary/aromatic N) is 2. The summed E-state index contributed by atoms with van der Waals surface area (Å²) in [7, 11) is 0. The van der Waals surface area contributed by atoms with Crippen molar-refractivity contribution in [3.8, 4) is 17.1 Å². The highest BCUT2D eigenvalue weighted by atomic mass is 16.5. The molecule has 3 aromatic rings. The zero-order valence-electron chi connectivity index (χ0n) is 20.1. The third kappa shape index (κ3) is 10.4. The van der Waals surface area contributed by atoms with Crippen LogP contribution in [0.5, 0.6) is 5.75 Å². The number of aliphatic carboxylic acids is 2. The van der Waals surface area contributed by atoms with E-state index in [2.05, 4.69) is 22.4 Å². The summed E-state index contributed by atoms with van der Waals surface area (Å²) in [6, 6.07) is 18.1. The molecule has 0 aliphatic carbocycles. The first kappa shape index (κ1) is 27.6. The highest BCUT2D eigenvalue weighted by Crippen LogP contribution is 2.26. The lowest BCUT2D eigenvalue weighted by atomic mass is 9.94. The van der Waals surface area contributed by atoms with Crippen molar-refractivity contribution in [3.63, 3.8) is 0 Å². The molecule has 2 aromatic carbocycles. The molecule has 4 rings (SSSR count). The summed E-state index contributed by atoms with van der Waals surface area (Å²) >= 11 is 0. The maximum Gasteiger partial charge on any atom is 0.300 e. The van der Waals surface area contributed by atoms with Crippen LogP contribution >= 0.6 is 0 Å². The number of carbonyl (C=O) groups is 2. The SMILES string of the molecule is CC(=O)O.CC(=O)O.OC1(Cn2ccnc2-c2cccc(OCc3ccccc3)c2)CCCNC1.